The highest BCUT2D eigenvalue weighted by Crippen LogP contribution is 2.42. The zero-order chi connectivity index (χ0) is 16.8. The Morgan fingerprint density at radius 3 is 2.78 bits per heavy atom. The molecule has 0 unspecified atom stereocenters. The fraction of sp³-hybridized carbons (Fsp3) is 0.625. The van der Waals surface area contributed by atoms with E-state index in [2.05, 4.69) is 13.8 Å². The van der Waals surface area contributed by atoms with Gasteiger partial charge in [0.05, 0.1) is 11.7 Å². The Balaban J connectivity index is 1.95. The van der Waals surface area contributed by atoms with Crippen LogP contribution in [-0.4, -0.2) is 41.1 Å². The molecule has 0 bridgehead atoms. The van der Waals surface area contributed by atoms with Crippen molar-refractivity contribution in [1.29, 1.82) is 0 Å². The van der Waals surface area contributed by atoms with E-state index in [0.717, 1.165) is 23.3 Å². The first-order valence-electron chi connectivity index (χ1n) is 7.85. The van der Waals surface area contributed by atoms with E-state index < -0.39 is 5.97 Å². The Labute approximate surface area is 139 Å². The van der Waals surface area contributed by atoms with Crippen molar-refractivity contribution in [3.63, 3.8) is 0 Å². The number of aryl methyl sites for hydroxylation is 1. The van der Waals surface area contributed by atoms with Gasteiger partial charge in [0.1, 0.15) is 4.88 Å². The van der Waals surface area contributed by atoms with Crippen LogP contribution in [0.25, 0.3) is 0 Å². The second-order valence-electron chi connectivity index (χ2n) is 7.15. The fourth-order valence-electron chi connectivity index (χ4n) is 3.46. The largest absolute Gasteiger partial charge is 0.478 e. The number of amides is 1. The second-order valence-corrected chi connectivity index (χ2v) is 8.26. The van der Waals surface area contributed by atoms with E-state index in [1.165, 1.54) is 11.3 Å². The predicted molar refractivity (Wildman–Crippen MR) is 86.7 cm³/mol. The fourth-order valence-corrected chi connectivity index (χ4v) is 4.74. The number of likely N-dealkylation sites (tertiary alicyclic amines) is 1. The number of fused-ring (bicyclic) bond motifs is 1. The van der Waals surface area contributed by atoms with Gasteiger partial charge in [-0.3, -0.25) is 9.63 Å². The smallest absolute Gasteiger partial charge is 0.337 e. The number of nitrogens with zero attached hydrogens (tertiary/aromatic N) is 1. The van der Waals surface area contributed by atoms with Crippen LogP contribution in [-0.2, 0) is 17.7 Å². The normalized spacial score (nSPS) is 22.9. The number of carboxylic acid groups (broad SMARTS) is 1. The van der Waals surface area contributed by atoms with E-state index >= 15 is 0 Å². The molecular formula is C16H22N2O4S. The second kappa shape index (κ2) is 5.89. The molecule has 0 aromatic carbocycles. The summed E-state index contributed by atoms with van der Waals surface area (Å²) in [4.78, 5) is 32.4. The molecule has 1 aromatic rings. The summed E-state index contributed by atoms with van der Waals surface area (Å²) in [6.45, 7) is 5.26. The lowest BCUT2D eigenvalue weighted by molar-refractivity contribution is 0.0536. The molecule has 2 aliphatic rings. The molecule has 0 radical (unpaired) electrons. The Hall–Kier alpha value is -1.44. The standard InChI is InChI=1S/C16H22N2O4S/c1-16(2)5-3-11-10(7-16)12(15(20)21)13(23-11)14(19)18-6-4-9(8-18)22-17/h9H,3-8,17H2,1-2H3,(H,20,21)/t9-/m1/s1. The van der Waals surface area contributed by atoms with Crippen LogP contribution in [0.15, 0.2) is 0 Å². The van der Waals surface area contributed by atoms with E-state index in [4.69, 9.17) is 10.7 Å². The van der Waals surface area contributed by atoms with Gasteiger partial charge in [-0.1, -0.05) is 13.8 Å². The van der Waals surface area contributed by atoms with Crippen LogP contribution in [0.1, 0.15) is 57.2 Å². The Kier molecular flexibility index (Phi) is 4.20. The van der Waals surface area contributed by atoms with Gasteiger partial charge in [0, 0.05) is 18.0 Å². The molecule has 0 spiro atoms. The van der Waals surface area contributed by atoms with Crippen molar-refractivity contribution in [2.45, 2.75) is 45.6 Å². The first kappa shape index (κ1) is 16.4. The summed E-state index contributed by atoms with van der Waals surface area (Å²) in [5, 5.41) is 9.66. The average molecular weight is 338 g/mol. The van der Waals surface area contributed by atoms with E-state index in [0.29, 0.717) is 30.8 Å². The van der Waals surface area contributed by atoms with E-state index in [9.17, 15) is 14.7 Å². The summed E-state index contributed by atoms with van der Waals surface area (Å²) < 4.78 is 0. The molecule has 1 atom stereocenters. The first-order valence-corrected chi connectivity index (χ1v) is 8.66. The van der Waals surface area contributed by atoms with Crippen LogP contribution in [0.5, 0.6) is 0 Å². The molecule has 1 aromatic heterocycles. The van der Waals surface area contributed by atoms with E-state index in [-0.39, 0.29) is 23.0 Å². The molecule has 1 fully saturated rings. The van der Waals surface area contributed by atoms with Gasteiger partial charge in [-0.05, 0) is 36.7 Å². The third kappa shape index (κ3) is 3.00. The highest BCUT2D eigenvalue weighted by molar-refractivity contribution is 7.14. The molecular weight excluding hydrogens is 316 g/mol. The molecule has 7 heteroatoms. The summed E-state index contributed by atoms with van der Waals surface area (Å²) in [6.07, 6.45) is 3.08. The third-order valence-corrected chi connectivity index (χ3v) is 6.09. The first-order chi connectivity index (χ1) is 10.8. The number of carboxylic acids is 1. The lowest BCUT2D eigenvalue weighted by Crippen LogP contribution is -2.31. The Bertz CT molecular complexity index is 653. The summed E-state index contributed by atoms with van der Waals surface area (Å²) in [5.41, 5.74) is 1.14. The number of rotatable bonds is 3. The Morgan fingerprint density at radius 1 is 1.43 bits per heavy atom. The van der Waals surface area contributed by atoms with Crippen LogP contribution in [0.3, 0.4) is 0 Å². The quantitative estimate of drug-likeness (QED) is 0.823. The molecule has 0 saturated carbocycles. The molecule has 1 saturated heterocycles. The lowest BCUT2D eigenvalue weighted by atomic mass is 9.76. The maximum atomic E-state index is 12.8. The van der Waals surface area contributed by atoms with Crippen molar-refractivity contribution in [2.75, 3.05) is 13.1 Å². The molecule has 126 valence electrons. The maximum absolute atomic E-state index is 12.8. The molecule has 6 nitrogen and oxygen atoms in total. The number of hydrogen-bond donors (Lipinski definition) is 2. The number of hydrogen-bond acceptors (Lipinski definition) is 5. The number of aromatic carboxylic acids is 1. The number of thiophene rings is 1. The van der Waals surface area contributed by atoms with Gasteiger partial charge in [0.15, 0.2) is 0 Å². The van der Waals surface area contributed by atoms with Crippen LogP contribution < -0.4 is 5.90 Å². The van der Waals surface area contributed by atoms with Crippen LogP contribution in [0.4, 0.5) is 0 Å². The van der Waals surface area contributed by atoms with Crippen LogP contribution in [0.2, 0.25) is 0 Å². The van der Waals surface area contributed by atoms with Crippen molar-refractivity contribution >= 4 is 23.2 Å². The van der Waals surface area contributed by atoms with Crippen molar-refractivity contribution < 1.29 is 19.5 Å². The number of carbonyl (C=O) groups excluding carboxylic acids is 1. The number of nitrogens with two attached hydrogens (primary N) is 1. The third-order valence-electron chi connectivity index (χ3n) is 4.81. The molecule has 1 amide bonds. The predicted octanol–water partition coefficient (Wildman–Crippen LogP) is 2.07. The van der Waals surface area contributed by atoms with Crippen molar-refractivity contribution in [3.8, 4) is 0 Å². The maximum Gasteiger partial charge on any atom is 0.337 e. The van der Waals surface area contributed by atoms with Gasteiger partial charge in [-0.15, -0.1) is 11.3 Å². The minimum Gasteiger partial charge on any atom is -0.478 e. The highest BCUT2D eigenvalue weighted by atomic mass is 32.1. The van der Waals surface area contributed by atoms with Gasteiger partial charge in [-0.25, -0.2) is 10.7 Å². The summed E-state index contributed by atoms with van der Waals surface area (Å²) >= 11 is 1.35. The topological polar surface area (TPSA) is 92.9 Å². The van der Waals surface area contributed by atoms with Crippen LogP contribution in [0, 0.1) is 5.41 Å². The van der Waals surface area contributed by atoms with Gasteiger partial charge in [-0.2, -0.15) is 0 Å². The van der Waals surface area contributed by atoms with Crippen LogP contribution >= 0.6 is 11.3 Å². The monoisotopic (exact) mass is 338 g/mol. The minimum absolute atomic E-state index is 0.0741. The SMILES string of the molecule is CC1(C)CCc2sc(C(=O)N3CC[C@@H](ON)C3)c(C(=O)O)c2C1. The minimum atomic E-state index is -1.01. The van der Waals surface area contributed by atoms with Crippen molar-refractivity contribution in [1.82, 2.24) is 4.90 Å². The molecule has 1 aliphatic carbocycles. The number of carbonyl (C=O) groups is 2. The van der Waals surface area contributed by atoms with Crippen molar-refractivity contribution in [3.05, 3.63) is 20.9 Å². The summed E-state index contributed by atoms with van der Waals surface area (Å²) in [5.74, 6) is 3.98. The van der Waals surface area contributed by atoms with Gasteiger partial charge >= 0.3 is 5.97 Å². The molecule has 3 rings (SSSR count). The molecule has 23 heavy (non-hydrogen) atoms. The lowest BCUT2D eigenvalue weighted by Gasteiger charge is -2.29. The average Bonchev–Trinajstić information content (AvgIpc) is 3.09. The van der Waals surface area contributed by atoms with E-state index in [1.54, 1.807) is 4.90 Å². The van der Waals surface area contributed by atoms with E-state index in [1.807, 2.05) is 0 Å². The molecule has 1 aliphatic heterocycles. The van der Waals surface area contributed by atoms with Gasteiger partial charge in [0.2, 0.25) is 0 Å². The zero-order valence-corrected chi connectivity index (χ0v) is 14.2. The summed E-state index contributed by atoms with van der Waals surface area (Å²) in [7, 11) is 0. The summed E-state index contributed by atoms with van der Waals surface area (Å²) in [6, 6.07) is 0. The Morgan fingerprint density at radius 2 is 2.17 bits per heavy atom. The molecule has 3 N–H and O–H groups in total. The van der Waals surface area contributed by atoms with Gasteiger partial charge < -0.3 is 10.0 Å². The zero-order valence-electron chi connectivity index (χ0n) is 13.4. The highest BCUT2D eigenvalue weighted by Gasteiger charge is 2.37. The molecule has 2 heterocycles. The van der Waals surface area contributed by atoms with Crippen molar-refractivity contribution in [2.24, 2.45) is 11.3 Å². The van der Waals surface area contributed by atoms with Gasteiger partial charge in [0.25, 0.3) is 5.91 Å².